The van der Waals surface area contributed by atoms with Crippen molar-refractivity contribution < 1.29 is 4.79 Å². The molecule has 0 aliphatic heterocycles. The third kappa shape index (κ3) is 4.54. The van der Waals surface area contributed by atoms with Gasteiger partial charge in [0.2, 0.25) is 0 Å². The summed E-state index contributed by atoms with van der Waals surface area (Å²) >= 11 is 0. The number of nitrogens with zero attached hydrogens (tertiary/aromatic N) is 3. The number of aromatic nitrogens is 2. The van der Waals surface area contributed by atoms with Crippen LogP contribution in [0, 0.1) is 6.92 Å². The van der Waals surface area contributed by atoms with Gasteiger partial charge in [0.1, 0.15) is 5.82 Å². The van der Waals surface area contributed by atoms with E-state index in [1.807, 2.05) is 109 Å². The molecule has 0 unspecified atom stereocenters. The molecule has 0 aliphatic carbocycles. The molecule has 0 saturated carbocycles. The average Bonchev–Trinajstić information content (AvgIpc) is 2.89. The lowest BCUT2D eigenvalue weighted by molar-refractivity contribution is 0.248. The highest BCUT2D eigenvalue weighted by atomic mass is 16.2. The van der Waals surface area contributed by atoms with E-state index >= 15 is 0 Å². The quantitative estimate of drug-likeness (QED) is 0.364. The van der Waals surface area contributed by atoms with Crippen LogP contribution in [-0.2, 0) is 6.54 Å². The van der Waals surface area contributed by atoms with Gasteiger partial charge in [-0.3, -0.25) is 14.3 Å². The molecule has 5 rings (SSSR count). The summed E-state index contributed by atoms with van der Waals surface area (Å²) in [5.41, 5.74) is 3.71. The number of pyridine rings is 2. The summed E-state index contributed by atoms with van der Waals surface area (Å²) in [6, 6.07) is 31.8. The molecule has 3 aromatic carbocycles. The maximum atomic E-state index is 13.7. The van der Waals surface area contributed by atoms with Gasteiger partial charge < -0.3 is 5.32 Å². The molecule has 2 heterocycles. The molecule has 0 bridgehead atoms. The minimum Gasteiger partial charge on any atom is -0.333 e. The minimum absolute atomic E-state index is 0.202. The Morgan fingerprint density at radius 3 is 2.20 bits per heavy atom. The van der Waals surface area contributed by atoms with E-state index in [0.717, 1.165) is 16.9 Å². The molecule has 6 nitrogen and oxygen atoms in total. The van der Waals surface area contributed by atoms with Gasteiger partial charge in [0.05, 0.1) is 16.6 Å². The van der Waals surface area contributed by atoms with Gasteiger partial charge >= 0.3 is 6.03 Å². The second kappa shape index (κ2) is 9.65. The van der Waals surface area contributed by atoms with E-state index in [2.05, 4.69) is 10.3 Å². The maximum Gasteiger partial charge on any atom is 0.327 e. The predicted octanol–water partition coefficient (Wildman–Crippen LogP) is 5.74. The van der Waals surface area contributed by atoms with Crippen molar-refractivity contribution in [3.8, 4) is 5.69 Å². The molecule has 0 atom stereocenters. The van der Waals surface area contributed by atoms with Crippen molar-refractivity contribution in [1.29, 1.82) is 0 Å². The molecule has 0 spiro atoms. The second-order valence-electron chi connectivity index (χ2n) is 8.20. The van der Waals surface area contributed by atoms with Crippen molar-refractivity contribution in [3.05, 3.63) is 131 Å². The molecule has 0 fully saturated rings. The monoisotopic (exact) mass is 460 g/mol. The Morgan fingerprint density at radius 2 is 1.51 bits per heavy atom. The Balaban J connectivity index is 1.72. The van der Waals surface area contributed by atoms with Crippen LogP contribution in [0.25, 0.3) is 16.6 Å². The van der Waals surface area contributed by atoms with Crippen LogP contribution in [0.15, 0.2) is 114 Å². The highest BCUT2D eigenvalue weighted by molar-refractivity contribution is 6.00. The van der Waals surface area contributed by atoms with Gasteiger partial charge in [0.15, 0.2) is 5.43 Å². The molecule has 1 N–H and O–H groups in total. The summed E-state index contributed by atoms with van der Waals surface area (Å²) in [6.07, 6.45) is 1.60. The summed E-state index contributed by atoms with van der Waals surface area (Å²) in [7, 11) is 0. The normalized spacial score (nSPS) is 10.8. The predicted molar refractivity (Wildman–Crippen MR) is 139 cm³/mol. The first-order valence-corrected chi connectivity index (χ1v) is 11.4. The number of carbonyl (C=O) groups is 1. The molecule has 2 aromatic heterocycles. The summed E-state index contributed by atoms with van der Waals surface area (Å²) < 4.78 is 1.93. The number of urea groups is 1. The Labute approximate surface area is 203 Å². The Morgan fingerprint density at radius 1 is 0.886 bits per heavy atom. The number of para-hydroxylation sites is 2. The number of nitrogens with one attached hydrogen (secondary N) is 1. The van der Waals surface area contributed by atoms with E-state index in [0.29, 0.717) is 29.0 Å². The molecule has 6 heteroatoms. The van der Waals surface area contributed by atoms with Crippen LogP contribution in [0.3, 0.4) is 0 Å². The third-order valence-corrected chi connectivity index (χ3v) is 5.76. The van der Waals surface area contributed by atoms with Crippen molar-refractivity contribution in [3.63, 3.8) is 0 Å². The maximum absolute atomic E-state index is 13.7. The lowest BCUT2D eigenvalue weighted by Crippen LogP contribution is -2.38. The van der Waals surface area contributed by atoms with E-state index in [9.17, 15) is 9.59 Å². The Hall–Kier alpha value is -4.71. The van der Waals surface area contributed by atoms with E-state index in [-0.39, 0.29) is 11.5 Å². The van der Waals surface area contributed by atoms with Crippen molar-refractivity contribution >= 4 is 28.4 Å². The summed E-state index contributed by atoms with van der Waals surface area (Å²) in [5.74, 6) is 0.441. The van der Waals surface area contributed by atoms with Crippen molar-refractivity contribution in [2.75, 3.05) is 4.90 Å². The van der Waals surface area contributed by atoms with Crippen LogP contribution >= 0.6 is 0 Å². The third-order valence-electron chi connectivity index (χ3n) is 5.76. The number of carbonyl (C=O) groups excluding carboxylic acids is 1. The Bertz CT molecular complexity index is 1530. The van der Waals surface area contributed by atoms with Crippen molar-refractivity contribution in [2.24, 2.45) is 0 Å². The summed E-state index contributed by atoms with van der Waals surface area (Å²) in [6.45, 7) is 2.24. The molecule has 172 valence electrons. The van der Waals surface area contributed by atoms with Gasteiger partial charge in [-0.15, -0.1) is 0 Å². The molecule has 0 saturated heterocycles. The van der Waals surface area contributed by atoms with Crippen molar-refractivity contribution in [1.82, 2.24) is 14.9 Å². The highest BCUT2D eigenvalue weighted by Crippen LogP contribution is 2.30. The fourth-order valence-electron chi connectivity index (χ4n) is 4.10. The summed E-state index contributed by atoms with van der Waals surface area (Å²) in [5, 5.41) is 3.50. The lowest BCUT2D eigenvalue weighted by atomic mass is 10.2. The van der Waals surface area contributed by atoms with Gasteiger partial charge in [-0.05, 0) is 42.8 Å². The molecule has 5 aromatic rings. The molecule has 35 heavy (non-hydrogen) atoms. The number of amides is 2. The summed E-state index contributed by atoms with van der Waals surface area (Å²) in [4.78, 5) is 32.8. The van der Waals surface area contributed by atoms with E-state index in [1.54, 1.807) is 11.1 Å². The average molecular weight is 461 g/mol. The second-order valence-corrected chi connectivity index (χ2v) is 8.20. The zero-order valence-electron chi connectivity index (χ0n) is 19.3. The fourth-order valence-corrected chi connectivity index (χ4v) is 4.10. The Kier molecular flexibility index (Phi) is 6.09. The molecular weight excluding hydrogens is 436 g/mol. The van der Waals surface area contributed by atoms with Crippen LogP contribution in [0.2, 0.25) is 0 Å². The number of rotatable bonds is 5. The van der Waals surface area contributed by atoms with Gasteiger partial charge in [-0.25, -0.2) is 9.69 Å². The standard InChI is InChI=1S/C29H24N4O2/c1-21-17-26-25(20-30-21)27(34)18-28(32(26)23-13-7-3-8-14-23)33(24-15-9-4-10-16-24)29(35)31-19-22-11-5-2-6-12-22/h2-18,20H,19H2,1H3,(H,31,35). The first-order chi connectivity index (χ1) is 17.1. The van der Waals surface area contributed by atoms with Crippen LogP contribution in [0.5, 0.6) is 0 Å². The molecule has 0 radical (unpaired) electrons. The number of aryl methyl sites for hydroxylation is 1. The van der Waals surface area contributed by atoms with Gasteiger partial charge in [0.25, 0.3) is 0 Å². The number of anilines is 2. The molecular formula is C29H24N4O2. The van der Waals surface area contributed by atoms with Crippen LogP contribution in [-0.4, -0.2) is 15.6 Å². The lowest BCUT2D eigenvalue weighted by Gasteiger charge is -2.28. The zero-order valence-corrected chi connectivity index (χ0v) is 19.3. The SMILES string of the molecule is Cc1cc2c(cn1)c(=O)cc(N(C(=O)NCc1ccccc1)c1ccccc1)n2-c1ccccc1. The van der Waals surface area contributed by atoms with Crippen LogP contribution < -0.4 is 15.6 Å². The van der Waals surface area contributed by atoms with E-state index in [1.165, 1.54) is 6.07 Å². The van der Waals surface area contributed by atoms with Crippen molar-refractivity contribution in [2.45, 2.75) is 13.5 Å². The van der Waals surface area contributed by atoms with Crippen LogP contribution in [0.4, 0.5) is 16.3 Å². The smallest absolute Gasteiger partial charge is 0.327 e. The fraction of sp³-hybridized carbons (Fsp3) is 0.0690. The largest absolute Gasteiger partial charge is 0.333 e. The first-order valence-electron chi connectivity index (χ1n) is 11.4. The minimum atomic E-state index is -0.339. The number of hydrogen-bond acceptors (Lipinski definition) is 3. The molecule has 2 amide bonds. The number of hydrogen-bond donors (Lipinski definition) is 1. The van der Waals surface area contributed by atoms with Gasteiger partial charge in [-0.1, -0.05) is 66.7 Å². The van der Waals surface area contributed by atoms with Crippen LogP contribution in [0.1, 0.15) is 11.3 Å². The number of benzene rings is 3. The zero-order chi connectivity index (χ0) is 24.2. The van der Waals surface area contributed by atoms with Gasteiger partial charge in [-0.2, -0.15) is 0 Å². The first kappa shape index (κ1) is 22.1. The van der Waals surface area contributed by atoms with Gasteiger partial charge in [0, 0.05) is 30.2 Å². The van der Waals surface area contributed by atoms with E-state index in [4.69, 9.17) is 0 Å². The van der Waals surface area contributed by atoms with E-state index < -0.39 is 0 Å². The molecule has 0 aliphatic rings. The topological polar surface area (TPSA) is 67.2 Å². The highest BCUT2D eigenvalue weighted by Gasteiger charge is 2.24. The number of fused-ring (bicyclic) bond motifs is 1.